The van der Waals surface area contributed by atoms with Crippen LogP contribution in [0.1, 0.15) is 19.3 Å². The first-order valence-electron chi connectivity index (χ1n) is 26.8. The summed E-state index contributed by atoms with van der Waals surface area (Å²) in [5.41, 5.74) is 2.23. The van der Waals surface area contributed by atoms with Crippen LogP contribution >= 0.6 is 22.7 Å². The number of benzene rings is 10. The lowest BCUT2D eigenvalue weighted by molar-refractivity contribution is 1.14. The Morgan fingerprint density at radius 1 is 0.471 bits per heavy atom. The molecule has 4 nitrogen and oxygen atoms in total. The highest BCUT2D eigenvalue weighted by Gasteiger charge is 2.33. The Balaban J connectivity index is 1.36. The summed E-state index contributed by atoms with van der Waals surface area (Å²) in [4.78, 5) is 4.33. The lowest BCUT2D eigenvalue weighted by Crippen LogP contribution is -2.09. The molecule has 6 heteroatoms. The summed E-state index contributed by atoms with van der Waals surface area (Å²) in [6, 6.07) is 43.1. The normalized spacial score (nSPS) is 13.9. The van der Waals surface area contributed by atoms with Gasteiger partial charge in [0.05, 0.1) is 68.7 Å². The highest BCUT2D eigenvalue weighted by atomic mass is 32.1. The molecular formula is C62H34N4S2. The zero-order valence-corrected chi connectivity index (χ0v) is 37.1. The molecule has 0 bridgehead atoms. The van der Waals surface area contributed by atoms with Gasteiger partial charge < -0.3 is 9.13 Å². The standard InChI is InChI=1S/C62H34N4S2/c1-64-56-53(38-20-7-3-8-21-38)48(36-63)57(65-49-28-14-11-26-47(49)55-40(27-17-29-50(55)65)37-18-5-2-6-19-37)54(39-22-9-4-10-23-39)60(56)66-58-43(32-34-45-41-24-12-15-30-51(41)67-61(45)58)44-33-35-46-42-25-13-16-31-52(42)68-62(46)59(44)66/h2-35H/i3D,4D,7D,8D,9D,10D,20D,21D,22D,23D. The van der Waals surface area contributed by atoms with Crippen molar-refractivity contribution in [3.05, 3.63) is 223 Å². The average molecular weight is 909 g/mol. The minimum atomic E-state index is -0.691. The van der Waals surface area contributed by atoms with E-state index in [0.29, 0.717) is 22.1 Å². The lowest BCUT2D eigenvalue weighted by Gasteiger charge is -2.26. The Kier molecular flexibility index (Phi) is 6.49. The number of thiophene rings is 2. The van der Waals surface area contributed by atoms with Crippen LogP contribution in [0.25, 0.3) is 134 Å². The van der Waals surface area contributed by atoms with Gasteiger partial charge in [0.2, 0.25) is 5.69 Å². The van der Waals surface area contributed by atoms with Crippen LogP contribution in [0.4, 0.5) is 5.69 Å². The van der Waals surface area contributed by atoms with Crippen molar-refractivity contribution >= 4 is 112 Å². The number of para-hydroxylation sites is 1. The van der Waals surface area contributed by atoms with E-state index in [4.69, 9.17) is 5.48 Å². The molecule has 0 fully saturated rings. The molecule has 0 aliphatic rings. The third-order valence-electron chi connectivity index (χ3n) is 13.2. The van der Waals surface area contributed by atoms with Crippen LogP contribution in [0.2, 0.25) is 0 Å². The molecule has 68 heavy (non-hydrogen) atoms. The molecule has 0 aliphatic heterocycles. The molecule has 0 unspecified atom stereocenters. The topological polar surface area (TPSA) is 38.0 Å². The van der Waals surface area contributed by atoms with Gasteiger partial charge in [-0.3, -0.25) is 0 Å². The van der Waals surface area contributed by atoms with Gasteiger partial charge in [-0.15, -0.1) is 22.7 Å². The van der Waals surface area contributed by atoms with Crippen molar-refractivity contribution in [1.29, 1.82) is 5.26 Å². The lowest BCUT2D eigenvalue weighted by atomic mass is 9.88. The number of rotatable bonds is 5. The van der Waals surface area contributed by atoms with Gasteiger partial charge in [-0.05, 0) is 46.5 Å². The van der Waals surface area contributed by atoms with Crippen LogP contribution < -0.4 is 0 Å². The molecule has 4 aromatic heterocycles. The zero-order chi connectivity index (χ0) is 53.7. The van der Waals surface area contributed by atoms with Gasteiger partial charge in [-0.2, -0.15) is 5.26 Å². The molecular weight excluding hydrogens is 865 g/mol. The van der Waals surface area contributed by atoms with E-state index in [1.165, 1.54) is 22.7 Å². The first-order chi connectivity index (χ1) is 37.9. The monoisotopic (exact) mass is 908 g/mol. The van der Waals surface area contributed by atoms with Crippen LogP contribution in [0.3, 0.4) is 0 Å². The van der Waals surface area contributed by atoms with E-state index < -0.39 is 66.0 Å². The van der Waals surface area contributed by atoms with E-state index in [2.05, 4.69) is 23.0 Å². The zero-order valence-electron chi connectivity index (χ0n) is 45.5. The second-order valence-corrected chi connectivity index (χ2v) is 18.6. The molecule has 14 rings (SSSR count). The molecule has 10 aromatic carbocycles. The summed E-state index contributed by atoms with van der Waals surface area (Å²) in [7, 11) is 0. The third-order valence-corrected chi connectivity index (χ3v) is 15.5. The maximum atomic E-state index is 12.2. The Morgan fingerprint density at radius 3 is 1.60 bits per heavy atom. The molecule has 0 saturated carbocycles. The first kappa shape index (κ1) is 29.7. The van der Waals surface area contributed by atoms with Gasteiger partial charge in [0.15, 0.2) is 0 Å². The summed E-state index contributed by atoms with van der Waals surface area (Å²) >= 11 is 3.07. The minimum absolute atomic E-state index is 0.0144. The number of fused-ring (bicyclic) bond motifs is 14. The Hall–Kier alpha value is -8.78. The molecule has 314 valence electrons. The van der Waals surface area contributed by atoms with Crippen molar-refractivity contribution in [3.8, 4) is 50.8 Å². The van der Waals surface area contributed by atoms with Gasteiger partial charge in [0, 0.05) is 63.6 Å². The molecule has 0 spiro atoms. The van der Waals surface area contributed by atoms with E-state index in [9.17, 15) is 20.1 Å². The Morgan fingerprint density at radius 2 is 1.00 bits per heavy atom. The predicted octanol–water partition coefficient (Wildman–Crippen LogP) is 18.0. The third kappa shape index (κ3) is 5.33. The first-order valence-corrected chi connectivity index (χ1v) is 23.4. The molecule has 0 amide bonds. The number of aromatic nitrogens is 2. The number of nitrogens with zero attached hydrogens (tertiary/aromatic N) is 4. The van der Waals surface area contributed by atoms with Gasteiger partial charge in [-0.1, -0.05) is 182 Å². The number of hydrogen-bond acceptors (Lipinski definition) is 3. The van der Waals surface area contributed by atoms with E-state index >= 15 is 0 Å². The summed E-state index contributed by atoms with van der Waals surface area (Å²) in [5, 5.41) is 18.9. The van der Waals surface area contributed by atoms with E-state index in [0.717, 1.165) is 73.0 Å². The smallest absolute Gasteiger partial charge is 0.220 e. The summed E-state index contributed by atoms with van der Waals surface area (Å²) in [6.07, 6.45) is 0. The quantitative estimate of drug-likeness (QED) is 0.159. The second-order valence-electron chi connectivity index (χ2n) is 16.5. The molecule has 0 aliphatic carbocycles. The molecule has 0 saturated heterocycles. The van der Waals surface area contributed by atoms with Crippen molar-refractivity contribution in [2.75, 3.05) is 0 Å². The number of nitriles is 1. The van der Waals surface area contributed by atoms with Crippen LogP contribution in [0.15, 0.2) is 206 Å². The van der Waals surface area contributed by atoms with Gasteiger partial charge in [-0.25, -0.2) is 4.85 Å². The van der Waals surface area contributed by atoms with Gasteiger partial charge in [0.1, 0.15) is 6.07 Å². The summed E-state index contributed by atoms with van der Waals surface area (Å²) in [5.74, 6) is 0. The predicted molar refractivity (Wildman–Crippen MR) is 288 cm³/mol. The number of hydrogen-bond donors (Lipinski definition) is 0. The van der Waals surface area contributed by atoms with Crippen LogP contribution in [0, 0.1) is 17.9 Å². The minimum Gasteiger partial charge on any atom is -0.316 e. The van der Waals surface area contributed by atoms with Gasteiger partial charge >= 0.3 is 0 Å². The molecule has 0 N–H and O–H groups in total. The maximum absolute atomic E-state index is 12.2. The fourth-order valence-electron chi connectivity index (χ4n) is 10.5. The fraction of sp³-hybridized carbons (Fsp3) is 0. The molecule has 4 heterocycles. The molecule has 0 atom stereocenters. The summed E-state index contributed by atoms with van der Waals surface area (Å²) in [6.45, 7) is 9.52. The molecule has 14 aromatic rings. The van der Waals surface area contributed by atoms with Crippen molar-refractivity contribution < 1.29 is 13.7 Å². The maximum Gasteiger partial charge on any atom is 0.220 e. The SMILES string of the molecule is [2H]c1c([2H])c([2H])c(-c2c(C#N)c(-n3c4ccccc4c4c(-c5ccccc5)cccc43)c(-c3c([2H])c([2H])c([2H])c([2H])c3[2H])c(-n3c4c(ccc5c6ccccc6sc54)c4ccc5c6ccccc6sc5c43)c2[N+]#[C-])c([2H])c1[2H]. The van der Waals surface area contributed by atoms with Crippen molar-refractivity contribution in [2.45, 2.75) is 0 Å². The van der Waals surface area contributed by atoms with Crippen LogP contribution in [-0.2, 0) is 0 Å². The van der Waals surface area contributed by atoms with Crippen molar-refractivity contribution in [1.82, 2.24) is 9.13 Å². The highest BCUT2D eigenvalue weighted by Crippen LogP contribution is 2.55. The molecule has 0 radical (unpaired) electrons. The van der Waals surface area contributed by atoms with E-state index in [1.54, 1.807) is 0 Å². The van der Waals surface area contributed by atoms with E-state index in [1.807, 2.05) is 143 Å². The second kappa shape index (κ2) is 14.9. The van der Waals surface area contributed by atoms with Crippen LogP contribution in [0.5, 0.6) is 0 Å². The Labute approximate surface area is 412 Å². The van der Waals surface area contributed by atoms with E-state index in [-0.39, 0.29) is 39.3 Å². The van der Waals surface area contributed by atoms with Crippen LogP contribution in [-0.4, -0.2) is 9.13 Å². The Bertz CT molecular complexity index is 4950. The largest absolute Gasteiger partial charge is 0.316 e. The van der Waals surface area contributed by atoms with Crippen molar-refractivity contribution in [3.63, 3.8) is 0 Å². The van der Waals surface area contributed by atoms with Gasteiger partial charge in [0.25, 0.3) is 0 Å². The fourth-order valence-corrected chi connectivity index (χ4v) is 13.0. The highest BCUT2D eigenvalue weighted by molar-refractivity contribution is 7.27. The average Bonchev–Trinajstić information content (AvgIpc) is 4.40. The van der Waals surface area contributed by atoms with Crippen molar-refractivity contribution in [2.24, 2.45) is 0 Å². The summed E-state index contributed by atoms with van der Waals surface area (Å²) < 4.78 is 101.